The van der Waals surface area contributed by atoms with Gasteiger partial charge in [-0.05, 0) is 17.9 Å². The highest BCUT2D eigenvalue weighted by molar-refractivity contribution is 5.96. The SMILES string of the molecule is COc1nn(C)cc1C(=O)N1CCN(C(=O)[C@@H]2C[C@H]2c2ccccc2)CC1. The molecule has 2 aliphatic rings. The fourth-order valence-corrected chi connectivity index (χ4v) is 3.84. The fraction of sp³-hybridized carbons (Fsp3) is 0.450. The normalized spacial score (nSPS) is 21.9. The highest BCUT2D eigenvalue weighted by atomic mass is 16.5. The van der Waals surface area contributed by atoms with Crippen LogP contribution >= 0.6 is 0 Å². The lowest BCUT2D eigenvalue weighted by molar-refractivity contribution is -0.134. The highest BCUT2D eigenvalue weighted by Crippen LogP contribution is 2.48. The Hall–Kier alpha value is -2.83. The van der Waals surface area contributed by atoms with Crippen LogP contribution in [0.15, 0.2) is 36.5 Å². The third kappa shape index (κ3) is 3.41. The Kier molecular flexibility index (Phi) is 4.59. The van der Waals surface area contributed by atoms with Crippen LogP contribution in [0.4, 0.5) is 0 Å². The molecule has 1 aliphatic carbocycles. The molecule has 1 aromatic heterocycles. The Balaban J connectivity index is 1.34. The first-order valence-electron chi connectivity index (χ1n) is 9.29. The number of carbonyl (C=O) groups excluding carboxylic acids is 2. The van der Waals surface area contributed by atoms with E-state index < -0.39 is 0 Å². The summed E-state index contributed by atoms with van der Waals surface area (Å²) in [6.45, 7) is 2.22. The average Bonchev–Trinajstić information content (AvgIpc) is 3.42. The standard InChI is InChI=1S/C20H24N4O3/c1-22-13-17(18(21-22)27-2)20(26)24-10-8-23(9-11-24)19(25)16-12-15(16)14-6-4-3-5-7-14/h3-7,13,15-16H,8-12H2,1-2H3/t15-,16+/m0/s1. The molecule has 2 amide bonds. The van der Waals surface area contributed by atoms with Gasteiger partial charge in [-0.2, -0.15) is 0 Å². The monoisotopic (exact) mass is 368 g/mol. The number of aromatic nitrogens is 2. The van der Waals surface area contributed by atoms with E-state index in [2.05, 4.69) is 17.2 Å². The Labute approximate surface area is 158 Å². The quantitative estimate of drug-likeness (QED) is 0.821. The number of ether oxygens (including phenoxy) is 1. The Morgan fingerprint density at radius 2 is 1.74 bits per heavy atom. The molecule has 0 spiro atoms. The van der Waals surface area contributed by atoms with Crippen LogP contribution in [0.25, 0.3) is 0 Å². The van der Waals surface area contributed by atoms with Crippen molar-refractivity contribution in [3.63, 3.8) is 0 Å². The van der Waals surface area contributed by atoms with Crippen LogP contribution in [-0.2, 0) is 11.8 Å². The zero-order valence-corrected chi connectivity index (χ0v) is 15.7. The number of hydrogen-bond donors (Lipinski definition) is 0. The van der Waals surface area contributed by atoms with Crippen molar-refractivity contribution in [3.8, 4) is 5.88 Å². The zero-order chi connectivity index (χ0) is 19.0. The van der Waals surface area contributed by atoms with E-state index in [0.717, 1.165) is 6.42 Å². The van der Waals surface area contributed by atoms with Gasteiger partial charge in [0.25, 0.3) is 5.91 Å². The molecule has 2 fully saturated rings. The van der Waals surface area contributed by atoms with Crippen molar-refractivity contribution in [3.05, 3.63) is 47.7 Å². The molecule has 2 aromatic rings. The van der Waals surface area contributed by atoms with Crippen LogP contribution < -0.4 is 4.74 Å². The predicted octanol–water partition coefficient (Wildman–Crippen LogP) is 1.52. The molecule has 1 saturated carbocycles. The topological polar surface area (TPSA) is 67.7 Å². The second kappa shape index (κ2) is 7.06. The van der Waals surface area contributed by atoms with Crippen molar-refractivity contribution >= 4 is 11.8 Å². The van der Waals surface area contributed by atoms with Gasteiger partial charge in [-0.25, -0.2) is 0 Å². The average molecular weight is 368 g/mol. The number of hydrogen-bond acceptors (Lipinski definition) is 4. The number of methoxy groups -OCH3 is 1. The number of carbonyl (C=O) groups is 2. The number of rotatable bonds is 4. The van der Waals surface area contributed by atoms with Crippen LogP contribution in [0.2, 0.25) is 0 Å². The van der Waals surface area contributed by atoms with E-state index in [1.807, 2.05) is 23.1 Å². The first-order chi connectivity index (χ1) is 13.1. The number of piperazine rings is 1. The van der Waals surface area contributed by atoms with Crippen LogP contribution in [0.1, 0.15) is 28.3 Å². The summed E-state index contributed by atoms with van der Waals surface area (Å²) >= 11 is 0. The highest BCUT2D eigenvalue weighted by Gasteiger charge is 2.46. The summed E-state index contributed by atoms with van der Waals surface area (Å²) in [6.07, 6.45) is 2.60. The van der Waals surface area contributed by atoms with Crippen molar-refractivity contribution < 1.29 is 14.3 Å². The van der Waals surface area contributed by atoms with E-state index in [1.165, 1.54) is 12.7 Å². The van der Waals surface area contributed by atoms with Gasteiger partial charge >= 0.3 is 0 Å². The van der Waals surface area contributed by atoms with Gasteiger partial charge in [0.2, 0.25) is 11.8 Å². The number of aryl methyl sites for hydroxylation is 1. The molecule has 0 unspecified atom stereocenters. The molecule has 0 bridgehead atoms. The van der Waals surface area contributed by atoms with Crippen molar-refractivity contribution in [1.82, 2.24) is 19.6 Å². The van der Waals surface area contributed by atoms with Gasteiger partial charge in [-0.15, -0.1) is 5.10 Å². The van der Waals surface area contributed by atoms with Crippen molar-refractivity contribution in [1.29, 1.82) is 0 Å². The molecule has 142 valence electrons. The molecule has 1 saturated heterocycles. The maximum absolute atomic E-state index is 12.8. The number of benzene rings is 1. The third-order valence-electron chi connectivity index (χ3n) is 5.43. The molecule has 0 radical (unpaired) electrons. The summed E-state index contributed by atoms with van der Waals surface area (Å²) in [5, 5.41) is 4.14. The number of nitrogens with zero attached hydrogens (tertiary/aromatic N) is 4. The van der Waals surface area contributed by atoms with Crippen LogP contribution in [0.5, 0.6) is 5.88 Å². The van der Waals surface area contributed by atoms with Crippen molar-refractivity contribution in [2.45, 2.75) is 12.3 Å². The lowest BCUT2D eigenvalue weighted by atomic mass is 10.1. The molecule has 7 nitrogen and oxygen atoms in total. The van der Waals surface area contributed by atoms with E-state index in [1.54, 1.807) is 22.8 Å². The minimum atomic E-state index is -0.0966. The maximum Gasteiger partial charge on any atom is 0.261 e. The molecule has 4 rings (SSSR count). The summed E-state index contributed by atoms with van der Waals surface area (Å²) < 4.78 is 6.76. The summed E-state index contributed by atoms with van der Waals surface area (Å²) in [6, 6.07) is 10.2. The minimum Gasteiger partial charge on any atom is -0.479 e. The molecular weight excluding hydrogens is 344 g/mol. The van der Waals surface area contributed by atoms with Crippen molar-refractivity contribution in [2.75, 3.05) is 33.3 Å². The third-order valence-corrected chi connectivity index (χ3v) is 5.43. The van der Waals surface area contributed by atoms with Gasteiger partial charge in [0.1, 0.15) is 5.56 Å². The molecule has 0 N–H and O–H groups in total. The maximum atomic E-state index is 12.8. The Bertz CT molecular complexity index is 840. The van der Waals surface area contributed by atoms with Gasteiger partial charge in [0, 0.05) is 45.3 Å². The summed E-state index contributed by atoms with van der Waals surface area (Å²) in [7, 11) is 3.27. The van der Waals surface area contributed by atoms with E-state index in [-0.39, 0.29) is 17.7 Å². The second-order valence-electron chi connectivity index (χ2n) is 7.20. The van der Waals surface area contributed by atoms with E-state index in [0.29, 0.717) is 43.5 Å². The largest absolute Gasteiger partial charge is 0.479 e. The van der Waals surface area contributed by atoms with Crippen LogP contribution in [0, 0.1) is 5.92 Å². The molecule has 1 aromatic carbocycles. The van der Waals surface area contributed by atoms with E-state index in [9.17, 15) is 9.59 Å². The molecular formula is C20H24N4O3. The summed E-state index contributed by atoms with van der Waals surface area (Å²) in [4.78, 5) is 29.2. The first kappa shape index (κ1) is 17.6. The van der Waals surface area contributed by atoms with Gasteiger partial charge in [-0.1, -0.05) is 30.3 Å². The molecule has 2 atom stereocenters. The van der Waals surface area contributed by atoms with Gasteiger partial charge in [-0.3, -0.25) is 14.3 Å². The first-order valence-corrected chi connectivity index (χ1v) is 9.29. The van der Waals surface area contributed by atoms with Crippen LogP contribution in [-0.4, -0.2) is 64.7 Å². The minimum absolute atomic E-state index is 0.0908. The summed E-state index contributed by atoms with van der Waals surface area (Å²) in [5.41, 5.74) is 1.71. The second-order valence-corrected chi connectivity index (χ2v) is 7.20. The molecule has 7 heteroatoms. The lowest BCUT2D eigenvalue weighted by Gasteiger charge is -2.34. The van der Waals surface area contributed by atoms with Gasteiger partial charge in [0.15, 0.2) is 0 Å². The Morgan fingerprint density at radius 3 is 2.41 bits per heavy atom. The zero-order valence-electron chi connectivity index (χ0n) is 15.7. The fourth-order valence-electron chi connectivity index (χ4n) is 3.84. The lowest BCUT2D eigenvalue weighted by Crippen LogP contribution is -2.51. The van der Waals surface area contributed by atoms with Gasteiger partial charge in [0.05, 0.1) is 7.11 Å². The molecule has 27 heavy (non-hydrogen) atoms. The predicted molar refractivity (Wildman–Crippen MR) is 99.5 cm³/mol. The van der Waals surface area contributed by atoms with E-state index >= 15 is 0 Å². The van der Waals surface area contributed by atoms with E-state index in [4.69, 9.17) is 4.74 Å². The number of amides is 2. The van der Waals surface area contributed by atoms with Crippen LogP contribution in [0.3, 0.4) is 0 Å². The van der Waals surface area contributed by atoms with Crippen molar-refractivity contribution in [2.24, 2.45) is 13.0 Å². The smallest absolute Gasteiger partial charge is 0.261 e. The molecule has 1 aliphatic heterocycles. The molecule has 2 heterocycles. The van der Waals surface area contributed by atoms with Gasteiger partial charge < -0.3 is 14.5 Å². The summed E-state index contributed by atoms with van der Waals surface area (Å²) in [5.74, 6) is 0.895. The Morgan fingerprint density at radius 1 is 1.07 bits per heavy atom.